The molecule has 9 heteroatoms. The van der Waals surface area contributed by atoms with Gasteiger partial charge in [-0.05, 0) is 71.8 Å². The van der Waals surface area contributed by atoms with E-state index in [1.807, 2.05) is 55.5 Å². The second-order valence-corrected chi connectivity index (χ2v) is 7.16. The highest BCUT2D eigenvalue weighted by Crippen LogP contribution is 2.33. The van der Waals surface area contributed by atoms with Crippen LogP contribution in [0.3, 0.4) is 0 Å². The Morgan fingerprint density at radius 3 is 2.64 bits per heavy atom. The van der Waals surface area contributed by atoms with Crippen molar-refractivity contribution < 1.29 is 19.4 Å². The van der Waals surface area contributed by atoms with Crippen LogP contribution in [0.5, 0.6) is 17.5 Å². The number of ether oxygens (including phenoxy) is 2. The van der Waals surface area contributed by atoms with Crippen LogP contribution in [-0.4, -0.2) is 37.9 Å². The number of carboxylic acids is 1. The Labute approximate surface area is 190 Å². The summed E-state index contributed by atoms with van der Waals surface area (Å²) in [5, 5.41) is 24.3. The zero-order valence-electron chi connectivity index (χ0n) is 18.2. The summed E-state index contributed by atoms with van der Waals surface area (Å²) < 4.78 is 13.3. The van der Waals surface area contributed by atoms with Crippen LogP contribution >= 0.6 is 0 Å². The molecule has 9 nitrogen and oxygen atoms in total. The maximum absolute atomic E-state index is 11.4. The molecule has 0 aliphatic rings. The van der Waals surface area contributed by atoms with Crippen molar-refractivity contribution in [1.29, 1.82) is 0 Å². The topological polar surface area (TPSA) is 111 Å². The van der Waals surface area contributed by atoms with Crippen LogP contribution in [0, 0.1) is 6.92 Å². The molecule has 0 fully saturated rings. The van der Waals surface area contributed by atoms with Gasteiger partial charge in [-0.15, -0.1) is 0 Å². The molecule has 33 heavy (non-hydrogen) atoms. The molecule has 0 spiro atoms. The number of para-hydroxylation sites is 1. The number of carbonyl (C=O) groups is 1. The van der Waals surface area contributed by atoms with E-state index in [1.54, 1.807) is 25.1 Å². The largest absolute Gasteiger partial charge is 0.490 e. The van der Waals surface area contributed by atoms with Gasteiger partial charge in [0.05, 0.1) is 17.9 Å². The van der Waals surface area contributed by atoms with Crippen molar-refractivity contribution in [1.82, 2.24) is 20.2 Å². The predicted octanol–water partition coefficient (Wildman–Crippen LogP) is 4.47. The summed E-state index contributed by atoms with van der Waals surface area (Å²) in [5.74, 6) is 0.0844. The molecule has 2 N–H and O–H groups in total. The van der Waals surface area contributed by atoms with Crippen LogP contribution in [0.25, 0.3) is 5.69 Å². The van der Waals surface area contributed by atoms with Crippen LogP contribution in [-0.2, 0) is 6.54 Å². The van der Waals surface area contributed by atoms with E-state index < -0.39 is 5.97 Å². The maximum Gasteiger partial charge on any atom is 0.346 e. The van der Waals surface area contributed by atoms with Gasteiger partial charge in [-0.25, -0.2) is 4.79 Å². The molecule has 4 rings (SSSR count). The first-order chi connectivity index (χ1) is 16.1. The lowest BCUT2D eigenvalue weighted by molar-refractivity contribution is 0.0696. The highest BCUT2D eigenvalue weighted by molar-refractivity contribution is 5.91. The van der Waals surface area contributed by atoms with E-state index in [4.69, 9.17) is 9.47 Å². The minimum Gasteiger partial charge on any atom is -0.490 e. The molecule has 0 saturated heterocycles. The number of carboxylic acid groups (broad SMARTS) is 1. The minimum absolute atomic E-state index is 0.217. The Balaban J connectivity index is 1.54. The lowest BCUT2D eigenvalue weighted by Gasteiger charge is -2.14. The number of hydrogen-bond donors (Lipinski definition) is 2. The van der Waals surface area contributed by atoms with E-state index in [0.717, 1.165) is 16.9 Å². The fourth-order valence-electron chi connectivity index (χ4n) is 3.34. The van der Waals surface area contributed by atoms with Crippen molar-refractivity contribution in [2.24, 2.45) is 0 Å². The second kappa shape index (κ2) is 9.82. The number of tetrazole rings is 1. The van der Waals surface area contributed by atoms with Gasteiger partial charge in [-0.1, -0.05) is 35.4 Å². The van der Waals surface area contributed by atoms with Crippen molar-refractivity contribution in [2.45, 2.75) is 20.4 Å². The molecule has 0 saturated carbocycles. The van der Waals surface area contributed by atoms with E-state index in [-0.39, 0.29) is 11.6 Å². The van der Waals surface area contributed by atoms with E-state index in [0.29, 0.717) is 30.2 Å². The first-order valence-corrected chi connectivity index (χ1v) is 10.4. The molecule has 0 radical (unpaired) electrons. The van der Waals surface area contributed by atoms with Gasteiger partial charge < -0.3 is 19.9 Å². The van der Waals surface area contributed by atoms with Crippen molar-refractivity contribution in [3.05, 3.63) is 83.4 Å². The summed E-state index contributed by atoms with van der Waals surface area (Å²) in [6.45, 7) is 4.61. The summed E-state index contributed by atoms with van der Waals surface area (Å²) in [6.07, 6.45) is 0. The van der Waals surface area contributed by atoms with E-state index in [1.165, 1.54) is 4.68 Å². The van der Waals surface area contributed by atoms with Gasteiger partial charge in [-0.2, -0.15) is 4.68 Å². The average molecular weight is 445 g/mol. The summed E-state index contributed by atoms with van der Waals surface area (Å²) in [6, 6.07) is 20.4. The Morgan fingerprint density at radius 2 is 1.88 bits per heavy atom. The van der Waals surface area contributed by atoms with Crippen LogP contribution in [0.1, 0.15) is 28.4 Å². The number of benzene rings is 3. The smallest absolute Gasteiger partial charge is 0.346 e. The standard InChI is InChI=1S/C24H23N5O4/c1-3-32-22-14-17(15-25-20-11-7-10-19(16(20)2)23(30)31)12-13-21(22)33-24-26-27-28-29(24)18-8-5-4-6-9-18/h4-14,25H,3,15H2,1-2H3,(H,30,31). The number of aromatic nitrogens is 4. The van der Waals surface area contributed by atoms with Crippen LogP contribution < -0.4 is 14.8 Å². The number of nitrogens with zero attached hydrogens (tertiary/aromatic N) is 4. The number of aromatic carboxylic acids is 1. The van der Waals surface area contributed by atoms with Gasteiger partial charge in [0.2, 0.25) is 0 Å². The monoisotopic (exact) mass is 445 g/mol. The number of hydrogen-bond acceptors (Lipinski definition) is 7. The number of anilines is 1. The van der Waals surface area contributed by atoms with E-state index in [2.05, 4.69) is 20.8 Å². The third-order valence-electron chi connectivity index (χ3n) is 5.00. The third-order valence-corrected chi connectivity index (χ3v) is 5.00. The zero-order chi connectivity index (χ0) is 23.2. The first kappa shape index (κ1) is 21.8. The van der Waals surface area contributed by atoms with E-state index >= 15 is 0 Å². The van der Waals surface area contributed by atoms with Crippen molar-refractivity contribution in [2.75, 3.05) is 11.9 Å². The highest BCUT2D eigenvalue weighted by Gasteiger charge is 2.15. The molecule has 168 valence electrons. The first-order valence-electron chi connectivity index (χ1n) is 10.4. The Kier molecular flexibility index (Phi) is 6.49. The summed E-state index contributed by atoms with van der Waals surface area (Å²) >= 11 is 0. The summed E-state index contributed by atoms with van der Waals surface area (Å²) in [7, 11) is 0. The fourth-order valence-corrected chi connectivity index (χ4v) is 3.34. The van der Waals surface area contributed by atoms with Gasteiger partial charge in [-0.3, -0.25) is 0 Å². The summed E-state index contributed by atoms with van der Waals surface area (Å²) in [4.78, 5) is 11.4. The molecule has 1 aromatic heterocycles. The lowest BCUT2D eigenvalue weighted by atomic mass is 10.1. The third kappa shape index (κ3) is 4.93. The van der Waals surface area contributed by atoms with E-state index in [9.17, 15) is 9.90 Å². The quantitative estimate of drug-likeness (QED) is 0.388. The number of nitrogens with one attached hydrogen (secondary N) is 1. The van der Waals surface area contributed by atoms with Crippen LogP contribution in [0.15, 0.2) is 66.7 Å². The van der Waals surface area contributed by atoms with Gasteiger partial charge in [0.15, 0.2) is 11.5 Å². The van der Waals surface area contributed by atoms with Gasteiger partial charge in [0, 0.05) is 12.2 Å². The van der Waals surface area contributed by atoms with Gasteiger partial charge in [0.25, 0.3) is 0 Å². The molecule has 0 bridgehead atoms. The van der Waals surface area contributed by atoms with Gasteiger partial charge in [0.1, 0.15) is 0 Å². The van der Waals surface area contributed by atoms with Crippen molar-refractivity contribution in [3.63, 3.8) is 0 Å². The molecule has 4 aromatic rings. The fraction of sp³-hybridized carbons (Fsp3) is 0.167. The maximum atomic E-state index is 11.4. The molecule has 0 amide bonds. The molecule has 3 aromatic carbocycles. The Bertz CT molecular complexity index is 1260. The zero-order valence-corrected chi connectivity index (χ0v) is 18.2. The minimum atomic E-state index is -0.950. The second-order valence-electron chi connectivity index (χ2n) is 7.16. The Morgan fingerprint density at radius 1 is 1.06 bits per heavy atom. The van der Waals surface area contributed by atoms with Crippen LogP contribution in [0.2, 0.25) is 0 Å². The molecular weight excluding hydrogens is 422 g/mol. The lowest BCUT2D eigenvalue weighted by Crippen LogP contribution is -2.06. The average Bonchev–Trinajstić information content (AvgIpc) is 3.28. The molecule has 0 aliphatic carbocycles. The summed E-state index contributed by atoms with van der Waals surface area (Å²) in [5.41, 5.74) is 3.43. The molecule has 0 atom stereocenters. The van der Waals surface area contributed by atoms with Crippen molar-refractivity contribution >= 4 is 11.7 Å². The SMILES string of the molecule is CCOc1cc(CNc2cccc(C(=O)O)c2C)ccc1Oc1nnnn1-c1ccccc1. The molecule has 0 unspecified atom stereocenters. The number of rotatable bonds is 9. The Hall–Kier alpha value is -4.40. The van der Waals surface area contributed by atoms with Crippen molar-refractivity contribution in [3.8, 4) is 23.2 Å². The molecule has 1 heterocycles. The normalized spacial score (nSPS) is 10.6. The predicted molar refractivity (Wildman–Crippen MR) is 122 cm³/mol. The van der Waals surface area contributed by atoms with Crippen LogP contribution in [0.4, 0.5) is 5.69 Å². The highest BCUT2D eigenvalue weighted by atomic mass is 16.5. The molecule has 0 aliphatic heterocycles. The van der Waals surface area contributed by atoms with Gasteiger partial charge >= 0.3 is 12.0 Å². The molecular formula is C24H23N5O4.